The van der Waals surface area contributed by atoms with Crippen molar-refractivity contribution in [3.8, 4) is 11.5 Å². The quantitative estimate of drug-likeness (QED) is 0.657. The van der Waals surface area contributed by atoms with Crippen LogP contribution in [0.1, 0.15) is 12.5 Å². The second-order valence-electron chi connectivity index (χ2n) is 5.52. The summed E-state index contributed by atoms with van der Waals surface area (Å²) in [6.07, 6.45) is 1.77. The van der Waals surface area contributed by atoms with E-state index in [0.717, 1.165) is 5.56 Å². The fraction of sp³-hybridized carbons (Fsp3) is 0.158. The molecule has 0 saturated carbocycles. The fourth-order valence-corrected chi connectivity index (χ4v) is 2.23. The number of rotatable bonds is 5. The van der Waals surface area contributed by atoms with E-state index in [0.29, 0.717) is 17.2 Å². The van der Waals surface area contributed by atoms with E-state index in [2.05, 4.69) is 5.32 Å². The number of benzene rings is 2. The summed E-state index contributed by atoms with van der Waals surface area (Å²) in [5, 5.41) is 2.54. The first-order valence-corrected chi connectivity index (χ1v) is 7.86. The molecule has 0 aromatic heterocycles. The molecule has 1 amide bonds. The minimum Gasteiger partial charge on any atom is -0.454 e. The number of anilines is 1. The third-order valence-electron chi connectivity index (χ3n) is 3.58. The lowest BCUT2D eigenvalue weighted by molar-refractivity contribution is -0.148. The second-order valence-corrected chi connectivity index (χ2v) is 5.52. The molecule has 6 nitrogen and oxygen atoms in total. The Morgan fingerprint density at radius 3 is 2.65 bits per heavy atom. The van der Waals surface area contributed by atoms with Crippen LogP contribution in [0, 0.1) is 5.82 Å². The number of ether oxygens (including phenoxy) is 3. The first-order valence-electron chi connectivity index (χ1n) is 7.86. The molecule has 2 aromatic rings. The number of esters is 1. The van der Waals surface area contributed by atoms with Crippen LogP contribution in [0.5, 0.6) is 11.5 Å². The number of halogens is 1. The van der Waals surface area contributed by atoms with Gasteiger partial charge in [0.05, 0.1) is 0 Å². The van der Waals surface area contributed by atoms with Crippen LogP contribution in [0.25, 0.3) is 6.08 Å². The maximum absolute atomic E-state index is 12.8. The normalized spacial score (nSPS) is 13.5. The van der Waals surface area contributed by atoms with E-state index in [4.69, 9.17) is 14.2 Å². The molecule has 3 rings (SSSR count). The van der Waals surface area contributed by atoms with Gasteiger partial charge in [-0.05, 0) is 55.0 Å². The van der Waals surface area contributed by atoms with Crippen LogP contribution in [0.2, 0.25) is 0 Å². The minimum absolute atomic E-state index is 0.172. The van der Waals surface area contributed by atoms with Crippen molar-refractivity contribution in [3.63, 3.8) is 0 Å². The SMILES string of the molecule is C[C@@H](OC(=O)/C=C/c1ccc2c(c1)OCO2)C(=O)Nc1ccc(F)cc1. The zero-order valence-corrected chi connectivity index (χ0v) is 13.9. The Bertz CT molecular complexity index is 848. The summed E-state index contributed by atoms with van der Waals surface area (Å²) < 4.78 is 28.4. The van der Waals surface area contributed by atoms with E-state index >= 15 is 0 Å². The lowest BCUT2D eigenvalue weighted by atomic mass is 10.2. The van der Waals surface area contributed by atoms with Crippen LogP contribution in [0.3, 0.4) is 0 Å². The number of nitrogens with one attached hydrogen (secondary N) is 1. The molecule has 0 aliphatic carbocycles. The van der Waals surface area contributed by atoms with Gasteiger partial charge >= 0.3 is 5.97 Å². The highest BCUT2D eigenvalue weighted by Gasteiger charge is 2.17. The number of carbonyl (C=O) groups is 2. The molecular weight excluding hydrogens is 341 g/mol. The number of hydrogen-bond donors (Lipinski definition) is 1. The van der Waals surface area contributed by atoms with E-state index in [1.54, 1.807) is 24.3 Å². The molecule has 134 valence electrons. The van der Waals surface area contributed by atoms with Crippen molar-refractivity contribution in [2.45, 2.75) is 13.0 Å². The van der Waals surface area contributed by atoms with Gasteiger partial charge in [0.15, 0.2) is 17.6 Å². The summed E-state index contributed by atoms with van der Waals surface area (Å²) in [6, 6.07) is 10.5. The zero-order valence-electron chi connectivity index (χ0n) is 13.9. The molecule has 7 heteroatoms. The second kappa shape index (κ2) is 7.69. The number of amides is 1. The van der Waals surface area contributed by atoms with Gasteiger partial charge in [-0.2, -0.15) is 0 Å². The molecule has 1 atom stereocenters. The molecule has 0 fully saturated rings. The number of hydrogen-bond acceptors (Lipinski definition) is 5. The van der Waals surface area contributed by atoms with E-state index in [1.807, 2.05) is 0 Å². The van der Waals surface area contributed by atoms with Crippen molar-refractivity contribution < 1.29 is 28.2 Å². The van der Waals surface area contributed by atoms with Crippen LogP contribution >= 0.6 is 0 Å². The van der Waals surface area contributed by atoms with E-state index in [1.165, 1.54) is 37.3 Å². The molecule has 1 aliphatic heterocycles. The summed E-state index contributed by atoms with van der Waals surface area (Å²) in [7, 11) is 0. The minimum atomic E-state index is -1.01. The van der Waals surface area contributed by atoms with Crippen LogP contribution in [-0.4, -0.2) is 24.8 Å². The number of fused-ring (bicyclic) bond motifs is 1. The van der Waals surface area contributed by atoms with Gasteiger partial charge in [0.1, 0.15) is 5.82 Å². The molecule has 2 aromatic carbocycles. The molecular formula is C19H16FNO5. The monoisotopic (exact) mass is 357 g/mol. The molecule has 0 spiro atoms. The maximum atomic E-state index is 12.8. The van der Waals surface area contributed by atoms with Crippen molar-refractivity contribution in [2.24, 2.45) is 0 Å². The lowest BCUT2D eigenvalue weighted by Gasteiger charge is -2.12. The molecule has 26 heavy (non-hydrogen) atoms. The fourth-order valence-electron chi connectivity index (χ4n) is 2.23. The van der Waals surface area contributed by atoms with Gasteiger partial charge in [0.2, 0.25) is 6.79 Å². The van der Waals surface area contributed by atoms with Gasteiger partial charge in [0.25, 0.3) is 5.91 Å². The van der Waals surface area contributed by atoms with Gasteiger partial charge in [0, 0.05) is 11.8 Å². The van der Waals surface area contributed by atoms with Crippen LogP contribution < -0.4 is 14.8 Å². The van der Waals surface area contributed by atoms with Gasteiger partial charge < -0.3 is 19.5 Å². The summed E-state index contributed by atoms with van der Waals surface area (Å²) in [5.41, 5.74) is 1.14. The van der Waals surface area contributed by atoms with Crippen molar-refractivity contribution >= 4 is 23.6 Å². The summed E-state index contributed by atoms with van der Waals surface area (Å²) in [4.78, 5) is 23.9. The highest BCUT2D eigenvalue weighted by atomic mass is 19.1. The molecule has 0 bridgehead atoms. The largest absolute Gasteiger partial charge is 0.454 e. The van der Waals surface area contributed by atoms with Crippen molar-refractivity contribution in [3.05, 3.63) is 59.9 Å². The molecule has 0 saturated heterocycles. The summed E-state index contributed by atoms with van der Waals surface area (Å²) >= 11 is 0. The maximum Gasteiger partial charge on any atom is 0.331 e. The van der Waals surface area contributed by atoms with E-state index < -0.39 is 23.8 Å². The van der Waals surface area contributed by atoms with Gasteiger partial charge in [-0.1, -0.05) is 6.07 Å². The van der Waals surface area contributed by atoms with Crippen LogP contribution in [0.15, 0.2) is 48.5 Å². The van der Waals surface area contributed by atoms with Crippen molar-refractivity contribution in [1.82, 2.24) is 0 Å². The Morgan fingerprint density at radius 1 is 1.15 bits per heavy atom. The topological polar surface area (TPSA) is 73.9 Å². The first kappa shape index (κ1) is 17.5. The van der Waals surface area contributed by atoms with Crippen LogP contribution in [0.4, 0.5) is 10.1 Å². The Labute approximate surface area is 149 Å². The Balaban J connectivity index is 1.53. The molecule has 1 heterocycles. The molecule has 0 unspecified atom stereocenters. The standard InChI is InChI=1S/C19H16FNO5/c1-12(19(23)21-15-6-4-14(20)5-7-15)26-18(22)9-3-13-2-8-16-17(10-13)25-11-24-16/h2-10,12H,11H2,1H3,(H,21,23)/b9-3+/t12-/m1/s1. The average molecular weight is 357 g/mol. The Kier molecular flexibility index (Phi) is 5.17. The third-order valence-corrected chi connectivity index (χ3v) is 3.58. The third kappa shape index (κ3) is 4.38. The van der Waals surface area contributed by atoms with E-state index in [-0.39, 0.29) is 6.79 Å². The molecule has 1 aliphatic rings. The van der Waals surface area contributed by atoms with E-state index in [9.17, 15) is 14.0 Å². The smallest absolute Gasteiger partial charge is 0.331 e. The molecule has 1 N–H and O–H groups in total. The summed E-state index contributed by atoms with van der Waals surface area (Å²) in [5.74, 6) is -0.328. The predicted octanol–water partition coefficient (Wildman–Crippen LogP) is 3.14. The Hall–Kier alpha value is -3.35. The van der Waals surface area contributed by atoms with Crippen molar-refractivity contribution in [1.29, 1.82) is 0 Å². The van der Waals surface area contributed by atoms with Crippen LogP contribution in [-0.2, 0) is 14.3 Å². The Morgan fingerprint density at radius 2 is 1.88 bits per heavy atom. The lowest BCUT2D eigenvalue weighted by Crippen LogP contribution is -2.29. The predicted molar refractivity (Wildman–Crippen MR) is 92.2 cm³/mol. The molecule has 0 radical (unpaired) electrons. The zero-order chi connectivity index (χ0) is 18.5. The van der Waals surface area contributed by atoms with Gasteiger partial charge in [-0.25, -0.2) is 9.18 Å². The van der Waals surface area contributed by atoms with Gasteiger partial charge in [-0.15, -0.1) is 0 Å². The highest BCUT2D eigenvalue weighted by Crippen LogP contribution is 2.32. The van der Waals surface area contributed by atoms with Crippen molar-refractivity contribution in [2.75, 3.05) is 12.1 Å². The number of carbonyl (C=O) groups excluding carboxylic acids is 2. The first-order chi connectivity index (χ1) is 12.5. The van der Waals surface area contributed by atoms with Gasteiger partial charge in [-0.3, -0.25) is 4.79 Å². The summed E-state index contributed by atoms with van der Waals surface area (Å²) in [6.45, 7) is 1.62. The average Bonchev–Trinajstić information content (AvgIpc) is 3.09. The highest BCUT2D eigenvalue weighted by molar-refractivity contribution is 5.96.